The van der Waals surface area contributed by atoms with Gasteiger partial charge in [0.25, 0.3) is 0 Å². The van der Waals surface area contributed by atoms with E-state index >= 15 is 0 Å². The van der Waals surface area contributed by atoms with Crippen LogP contribution >= 0.6 is 11.3 Å². The average molecular weight is 326 g/mol. The first kappa shape index (κ1) is 16.7. The fraction of sp³-hybridized carbons (Fsp3) is 0.714. The number of carboxylic acid groups (broad SMARTS) is 1. The summed E-state index contributed by atoms with van der Waals surface area (Å²) in [6.45, 7) is 3.08. The van der Waals surface area contributed by atoms with Gasteiger partial charge in [-0.05, 0) is 19.3 Å². The molecule has 8 heteroatoms. The summed E-state index contributed by atoms with van der Waals surface area (Å²) in [6.07, 6.45) is 5.31. The van der Waals surface area contributed by atoms with Crippen LogP contribution in [0.15, 0.2) is 0 Å². The Bertz CT molecular complexity index is 512. The minimum atomic E-state index is -0.777. The Hall–Kier alpha value is -1.70. The van der Waals surface area contributed by atoms with E-state index in [1.54, 1.807) is 4.90 Å². The van der Waals surface area contributed by atoms with Crippen LogP contribution in [0.3, 0.4) is 0 Å². The molecule has 22 heavy (non-hydrogen) atoms. The van der Waals surface area contributed by atoms with Crippen LogP contribution in [-0.4, -0.2) is 45.3 Å². The highest BCUT2D eigenvalue weighted by Crippen LogP contribution is 2.20. The number of urea groups is 1. The number of unbranched alkanes of at least 4 members (excludes halogenated alkanes) is 2. The van der Waals surface area contributed by atoms with Crippen LogP contribution < -0.4 is 5.32 Å². The highest BCUT2D eigenvalue weighted by molar-refractivity contribution is 7.15. The summed E-state index contributed by atoms with van der Waals surface area (Å²) in [5.74, 6) is -1.11. The van der Waals surface area contributed by atoms with Crippen molar-refractivity contribution in [2.75, 3.05) is 18.4 Å². The molecule has 122 valence electrons. The van der Waals surface area contributed by atoms with E-state index in [2.05, 4.69) is 22.4 Å². The fourth-order valence-electron chi connectivity index (χ4n) is 2.43. The van der Waals surface area contributed by atoms with E-state index in [1.165, 1.54) is 17.8 Å². The molecule has 1 aromatic heterocycles. The normalized spacial score (nSPS) is 15.8. The van der Waals surface area contributed by atoms with E-state index in [0.29, 0.717) is 31.1 Å². The maximum absolute atomic E-state index is 12.1. The topological polar surface area (TPSA) is 95.4 Å². The number of hydrogen-bond acceptors (Lipinski definition) is 5. The number of aliphatic carboxylic acids is 1. The Kier molecular flexibility index (Phi) is 6.11. The first-order valence-corrected chi connectivity index (χ1v) is 8.53. The van der Waals surface area contributed by atoms with Gasteiger partial charge in [0.05, 0.1) is 5.92 Å². The van der Waals surface area contributed by atoms with Crippen LogP contribution in [-0.2, 0) is 11.2 Å². The molecule has 1 aliphatic heterocycles. The van der Waals surface area contributed by atoms with Crippen molar-refractivity contribution in [1.82, 2.24) is 15.1 Å². The van der Waals surface area contributed by atoms with Crippen LogP contribution in [0.2, 0.25) is 0 Å². The summed E-state index contributed by atoms with van der Waals surface area (Å²) in [7, 11) is 0. The fourth-order valence-corrected chi connectivity index (χ4v) is 3.20. The Morgan fingerprint density at radius 2 is 2.05 bits per heavy atom. The predicted octanol–water partition coefficient (Wildman–Crippen LogP) is 2.60. The number of anilines is 1. The lowest BCUT2D eigenvalue weighted by Gasteiger charge is -2.29. The molecular formula is C14H22N4O3S. The second kappa shape index (κ2) is 8.07. The molecule has 0 radical (unpaired) electrons. The number of rotatable bonds is 6. The molecule has 0 bridgehead atoms. The Morgan fingerprint density at radius 1 is 1.32 bits per heavy atom. The average Bonchev–Trinajstić information content (AvgIpc) is 2.95. The van der Waals surface area contributed by atoms with Crippen molar-refractivity contribution in [2.45, 2.75) is 45.4 Å². The van der Waals surface area contributed by atoms with Crippen molar-refractivity contribution in [3.63, 3.8) is 0 Å². The number of nitrogens with zero attached hydrogens (tertiary/aromatic N) is 3. The van der Waals surface area contributed by atoms with E-state index in [1.807, 2.05) is 0 Å². The molecule has 0 unspecified atom stereocenters. The maximum Gasteiger partial charge on any atom is 0.323 e. The molecule has 0 saturated carbocycles. The van der Waals surface area contributed by atoms with Gasteiger partial charge in [-0.15, -0.1) is 10.2 Å². The lowest BCUT2D eigenvalue weighted by Crippen LogP contribution is -2.42. The number of carboxylic acids is 1. The summed E-state index contributed by atoms with van der Waals surface area (Å²) >= 11 is 1.41. The van der Waals surface area contributed by atoms with Gasteiger partial charge in [0.1, 0.15) is 5.01 Å². The molecule has 0 aliphatic carbocycles. The van der Waals surface area contributed by atoms with E-state index in [-0.39, 0.29) is 11.9 Å². The molecule has 0 spiro atoms. The van der Waals surface area contributed by atoms with E-state index in [9.17, 15) is 9.59 Å². The molecule has 0 atom stereocenters. The monoisotopic (exact) mass is 326 g/mol. The summed E-state index contributed by atoms with van der Waals surface area (Å²) in [5.41, 5.74) is 0. The standard InChI is InChI=1S/C14H22N4O3S/c1-2-3-4-5-11-16-17-13(22-11)15-14(21)18-8-6-10(7-9-18)12(19)20/h10H,2-9H2,1H3,(H,19,20)(H,15,17,21). The van der Waals surface area contributed by atoms with Gasteiger partial charge in [-0.25, -0.2) is 4.79 Å². The van der Waals surface area contributed by atoms with Gasteiger partial charge in [-0.2, -0.15) is 0 Å². The summed E-state index contributed by atoms with van der Waals surface area (Å²) < 4.78 is 0. The largest absolute Gasteiger partial charge is 0.481 e. The van der Waals surface area contributed by atoms with Crippen LogP contribution in [0.25, 0.3) is 0 Å². The molecule has 1 saturated heterocycles. The molecule has 2 N–H and O–H groups in total. The quantitative estimate of drug-likeness (QED) is 0.783. The number of likely N-dealkylation sites (tertiary alicyclic amines) is 1. The summed E-state index contributed by atoms with van der Waals surface area (Å²) in [4.78, 5) is 24.7. The number of carbonyl (C=O) groups excluding carboxylic acids is 1. The zero-order valence-corrected chi connectivity index (χ0v) is 13.6. The van der Waals surface area contributed by atoms with Crippen molar-refractivity contribution in [1.29, 1.82) is 0 Å². The molecule has 0 aromatic carbocycles. The zero-order chi connectivity index (χ0) is 15.9. The number of hydrogen-bond donors (Lipinski definition) is 2. The second-order valence-electron chi connectivity index (χ2n) is 5.49. The number of amides is 2. The van der Waals surface area contributed by atoms with Crippen molar-refractivity contribution >= 4 is 28.5 Å². The van der Waals surface area contributed by atoms with Gasteiger partial charge in [0.2, 0.25) is 5.13 Å². The van der Waals surface area contributed by atoms with Crippen LogP contribution in [0, 0.1) is 5.92 Å². The maximum atomic E-state index is 12.1. The minimum Gasteiger partial charge on any atom is -0.481 e. The molecule has 7 nitrogen and oxygen atoms in total. The number of carbonyl (C=O) groups is 2. The molecular weight excluding hydrogens is 304 g/mol. The smallest absolute Gasteiger partial charge is 0.323 e. The van der Waals surface area contributed by atoms with Gasteiger partial charge in [0.15, 0.2) is 0 Å². The van der Waals surface area contributed by atoms with E-state index < -0.39 is 5.97 Å². The number of piperidine rings is 1. The molecule has 1 fully saturated rings. The zero-order valence-electron chi connectivity index (χ0n) is 12.7. The molecule has 1 aliphatic rings. The Labute approximate surface area is 133 Å². The van der Waals surface area contributed by atoms with Crippen LogP contribution in [0.5, 0.6) is 0 Å². The molecule has 2 heterocycles. The third-order valence-electron chi connectivity index (χ3n) is 3.81. The minimum absolute atomic E-state index is 0.222. The highest BCUT2D eigenvalue weighted by Gasteiger charge is 2.27. The van der Waals surface area contributed by atoms with Crippen LogP contribution in [0.4, 0.5) is 9.93 Å². The van der Waals surface area contributed by atoms with Crippen molar-refractivity contribution in [3.05, 3.63) is 5.01 Å². The van der Waals surface area contributed by atoms with Gasteiger partial charge in [-0.3, -0.25) is 10.1 Å². The third kappa shape index (κ3) is 4.66. The summed E-state index contributed by atoms with van der Waals surface area (Å²) in [6, 6.07) is -0.222. The highest BCUT2D eigenvalue weighted by atomic mass is 32.1. The van der Waals surface area contributed by atoms with Gasteiger partial charge >= 0.3 is 12.0 Å². The van der Waals surface area contributed by atoms with E-state index in [4.69, 9.17) is 5.11 Å². The SMILES string of the molecule is CCCCCc1nnc(NC(=O)N2CCC(C(=O)O)CC2)s1. The van der Waals surface area contributed by atoms with Crippen molar-refractivity contribution in [2.24, 2.45) is 5.92 Å². The predicted molar refractivity (Wildman–Crippen MR) is 84.1 cm³/mol. The van der Waals surface area contributed by atoms with Gasteiger partial charge in [-0.1, -0.05) is 31.1 Å². The number of nitrogens with one attached hydrogen (secondary N) is 1. The lowest BCUT2D eigenvalue weighted by molar-refractivity contribution is -0.143. The Morgan fingerprint density at radius 3 is 2.68 bits per heavy atom. The Balaban J connectivity index is 1.79. The van der Waals surface area contributed by atoms with Crippen LogP contribution in [0.1, 0.15) is 44.0 Å². The first-order chi connectivity index (χ1) is 10.6. The van der Waals surface area contributed by atoms with Crippen molar-refractivity contribution in [3.8, 4) is 0 Å². The summed E-state index contributed by atoms with van der Waals surface area (Å²) in [5, 5.41) is 21.2. The number of aromatic nitrogens is 2. The lowest BCUT2D eigenvalue weighted by atomic mass is 9.97. The molecule has 2 rings (SSSR count). The third-order valence-corrected chi connectivity index (χ3v) is 4.70. The van der Waals surface area contributed by atoms with Crippen molar-refractivity contribution < 1.29 is 14.7 Å². The van der Waals surface area contributed by atoms with E-state index in [0.717, 1.165) is 24.3 Å². The van der Waals surface area contributed by atoms with Gasteiger partial charge in [0, 0.05) is 19.5 Å². The number of aryl methyl sites for hydroxylation is 1. The molecule has 2 amide bonds. The molecule has 1 aromatic rings. The first-order valence-electron chi connectivity index (χ1n) is 7.71. The van der Waals surface area contributed by atoms with Gasteiger partial charge < -0.3 is 10.0 Å². The second-order valence-corrected chi connectivity index (χ2v) is 6.55.